The van der Waals surface area contributed by atoms with E-state index in [1.165, 1.54) is 0 Å². The fourth-order valence-corrected chi connectivity index (χ4v) is 2.95. The molecule has 164 valence electrons. The van der Waals surface area contributed by atoms with Gasteiger partial charge in [-0.3, -0.25) is 4.79 Å². The predicted molar refractivity (Wildman–Crippen MR) is 128 cm³/mol. The van der Waals surface area contributed by atoms with Gasteiger partial charge in [-0.05, 0) is 57.2 Å². The number of carbonyl (C=O) groups is 1. The summed E-state index contributed by atoms with van der Waals surface area (Å²) >= 11 is 0. The van der Waals surface area contributed by atoms with Crippen molar-refractivity contribution in [3.63, 3.8) is 0 Å². The van der Waals surface area contributed by atoms with Gasteiger partial charge in [0.15, 0.2) is 5.96 Å². The number of hydrogen-bond donors (Lipinski definition) is 3. The van der Waals surface area contributed by atoms with Gasteiger partial charge in [-0.25, -0.2) is 4.99 Å². The van der Waals surface area contributed by atoms with E-state index in [0.29, 0.717) is 13.2 Å². The minimum atomic E-state index is -0.325. The quantitative estimate of drug-likeness (QED) is 0.181. The molecule has 7 nitrogen and oxygen atoms in total. The number of unbranched alkanes of at least 4 members (excludes halogenated alkanes) is 1. The highest BCUT2D eigenvalue weighted by molar-refractivity contribution is 14.0. The number of hydrogen-bond acceptors (Lipinski definition) is 4. The number of guanidine groups is 1. The third-order valence-electron chi connectivity index (χ3n) is 4.39. The Morgan fingerprint density at radius 1 is 1.28 bits per heavy atom. The van der Waals surface area contributed by atoms with Crippen LogP contribution < -0.4 is 16.0 Å². The molecule has 1 atom stereocenters. The maximum Gasteiger partial charge on any atom is 0.253 e. The summed E-state index contributed by atoms with van der Waals surface area (Å²) in [7, 11) is 0. The van der Waals surface area contributed by atoms with Crippen LogP contribution in [0.2, 0.25) is 0 Å². The van der Waals surface area contributed by atoms with Crippen molar-refractivity contribution in [2.45, 2.75) is 52.2 Å². The molecule has 1 heterocycles. The summed E-state index contributed by atoms with van der Waals surface area (Å²) in [5, 5.41) is 9.55. The molecule has 0 aromatic heterocycles. The van der Waals surface area contributed by atoms with E-state index >= 15 is 0 Å². The van der Waals surface area contributed by atoms with Crippen LogP contribution in [0, 0.1) is 0 Å². The van der Waals surface area contributed by atoms with Crippen LogP contribution in [0.25, 0.3) is 0 Å². The molecule has 29 heavy (non-hydrogen) atoms. The number of carbonyl (C=O) groups excluding carboxylic acids is 1. The summed E-state index contributed by atoms with van der Waals surface area (Å²) in [5.74, 6) is 0.730. The zero-order valence-corrected chi connectivity index (χ0v) is 19.9. The van der Waals surface area contributed by atoms with E-state index in [1.807, 2.05) is 38.1 Å². The lowest BCUT2D eigenvalue weighted by Crippen LogP contribution is -2.37. The lowest BCUT2D eigenvalue weighted by atomic mass is 10.2. The molecule has 2 rings (SSSR count). The van der Waals surface area contributed by atoms with Crippen LogP contribution in [-0.4, -0.2) is 50.9 Å². The van der Waals surface area contributed by atoms with Crippen molar-refractivity contribution < 1.29 is 14.3 Å². The zero-order valence-electron chi connectivity index (χ0n) is 17.5. The molecule has 0 saturated carbocycles. The molecule has 1 amide bonds. The van der Waals surface area contributed by atoms with Gasteiger partial charge in [0, 0.05) is 38.6 Å². The molecular weight excluding hydrogens is 483 g/mol. The Kier molecular flexibility index (Phi) is 13.7. The van der Waals surface area contributed by atoms with Gasteiger partial charge in [-0.15, -0.1) is 24.0 Å². The van der Waals surface area contributed by atoms with Crippen molar-refractivity contribution in [2.75, 3.05) is 38.2 Å². The molecule has 1 aliphatic rings. The first-order chi connectivity index (χ1) is 13.7. The Morgan fingerprint density at radius 3 is 2.86 bits per heavy atom. The zero-order chi connectivity index (χ0) is 20.0. The third kappa shape index (κ3) is 10.3. The number of aliphatic imine (C=N–C) groups is 1. The highest BCUT2D eigenvalue weighted by Gasteiger charge is 2.23. The van der Waals surface area contributed by atoms with Gasteiger partial charge in [0.1, 0.15) is 6.10 Å². The van der Waals surface area contributed by atoms with E-state index < -0.39 is 0 Å². The van der Waals surface area contributed by atoms with E-state index in [9.17, 15) is 4.79 Å². The van der Waals surface area contributed by atoms with Gasteiger partial charge in [-0.1, -0.05) is 12.1 Å². The summed E-state index contributed by atoms with van der Waals surface area (Å²) in [4.78, 5) is 16.8. The number of rotatable bonds is 11. The van der Waals surface area contributed by atoms with Gasteiger partial charge in [-0.2, -0.15) is 0 Å². The average Bonchev–Trinajstić information content (AvgIpc) is 3.24. The van der Waals surface area contributed by atoms with Crippen molar-refractivity contribution in [1.29, 1.82) is 0 Å². The van der Waals surface area contributed by atoms with Crippen LogP contribution in [0.1, 0.15) is 45.1 Å². The first-order valence-electron chi connectivity index (χ1n) is 10.3. The highest BCUT2D eigenvalue weighted by Crippen LogP contribution is 2.16. The van der Waals surface area contributed by atoms with Crippen LogP contribution in [0.5, 0.6) is 0 Å². The Hall–Kier alpha value is -1.39. The van der Waals surface area contributed by atoms with E-state index in [4.69, 9.17) is 9.47 Å². The largest absolute Gasteiger partial charge is 0.382 e. The molecule has 0 aliphatic carbocycles. The van der Waals surface area contributed by atoms with Crippen molar-refractivity contribution in [2.24, 2.45) is 4.99 Å². The van der Waals surface area contributed by atoms with Gasteiger partial charge in [0.05, 0.1) is 6.54 Å². The van der Waals surface area contributed by atoms with E-state index in [0.717, 1.165) is 69.2 Å². The summed E-state index contributed by atoms with van der Waals surface area (Å²) in [6.45, 7) is 8.50. The molecule has 1 aromatic carbocycles. The summed E-state index contributed by atoms with van der Waals surface area (Å²) in [6.07, 6.45) is 3.48. The number of benzene rings is 1. The van der Waals surface area contributed by atoms with E-state index in [-0.39, 0.29) is 36.0 Å². The Bertz CT molecular complexity index is 622. The summed E-state index contributed by atoms with van der Waals surface area (Å²) < 4.78 is 10.8. The maximum atomic E-state index is 12.2. The topological polar surface area (TPSA) is 84.0 Å². The van der Waals surface area contributed by atoms with Gasteiger partial charge in [0.2, 0.25) is 0 Å². The lowest BCUT2D eigenvalue weighted by Gasteiger charge is -2.12. The Labute approximate surface area is 191 Å². The molecule has 1 saturated heterocycles. The lowest BCUT2D eigenvalue weighted by molar-refractivity contribution is -0.124. The van der Waals surface area contributed by atoms with Crippen molar-refractivity contribution in [3.8, 4) is 0 Å². The van der Waals surface area contributed by atoms with Gasteiger partial charge < -0.3 is 25.4 Å². The van der Waals surface area contributed by atoms with Crippen molar-refractivity contribution >= 4 is 41.5 Å². The van der Waals surface area contributed by atoms with Crippen LogP contribution >= 0.6 is 24.0 Å². The minimum Gasteiger partial charge on any atom is -0.382 e. The molecule has 8 heteroatoms. The molecule has 1 aliphatic heterocycles. The van der Waals surface area contributed by atoms with Crippen LogP contribution in [0.4, 0.5) is 5.69 Å². The third-order valence-corrected chi connectivity index (χ3v) is 4.39. The number of anilines is 1. The smallest absolute Gasteiger partial charge is 0.253 e. The first-order valence-corrected chi connectivity index (χ1v) is 10.3. The second-order valence-corrected chi connectivity index (χ2v) is 6.72. The maximum absolute atomic E-state index is 12.2. The van der Waals surface area contributed by atoms with Crippen LogP contribution in [0.15, 0.2) is 29.3 Å². The predicted octanol–water partition coefficient (Wildman–Crippen LogP) is 3.29. The van der Waals surface area contributed by atoms with Gasteiger partial charge >= 0.3 is 0 Å². The van der Waals surface area contributed by atoms with E-state index in [2.05, 4.69) is 20.9 Å². The van der Waals surface area contributed by atoms with E-state index in [1.54, 1.807) is 0 Å². The molecule has 0 spiro atoms. The number of halogens is 1. The minimum absolute atomic E-state index is 0. The van der Waals surface area contributed by atoms with Crippen LogP contribution in [0.3, 0.4) is 0 Å². The molecular formula is C21H35IN4O3. The first kappa shape index (κ1) is 25.6. The Balaban J connectivity index is 0.00000420. The SMILES string of the molecule is CCNC(=NCc1cccc(NC(=O)C2CCCO2)c1)NCCCCOCC.I. The van der Waals surface area contributed by atoms with Gasteiger partial charge in [0.25, 0.3) is 5.91 Å². The Morgan fingerprint density at radius 2 is 2.14 bits per heavy atom. The number of ether oxygens (including phenoxy) is 2. The summed E-state index contributed by atoms with van der Waals surface area (Å²) in [5.41, 5.74) is 1.82. The highest BCUT2D eigenvalue weighted by atomic mass is 127. The summed E-state index contributed by atoms with van der Waals surface area (Å²) in [6, 6.07) is 7.80. The molecule has 1 fully saturated rings. The molecule has 0 bridgehead atoms. The number of nitrogens with zero attached hydrogens (tertiary/aromatic N) is 1. The average molecular weight is 518 g/mol. The normalized spacial score (nSPS) is 16.2. The monoisotopic (exact) mass is 518 g/mol. The fraction of sp³-hybridized carbons (Fsp3) is 0.619. The molecule has 0 radical (unpaired) electrons. The standard InChI is InChI=1S/C21H34N4O3.HI/c1-3-22-21(23-12-5-6-13-27-4-2)24-16-17-9-7-10-18(15-17)25-20(26)19-11-8-14-28-19;/h7,9-10,15,19H,3-6,8,11-14,16H2,1-2H3,(H,25,26)(H2,22,23,24);1H. The second kappa shape index (κ2) is 15.4. The molecule has 3 N–H and O–H groups in total. The van der Waals surface area contributed by atoms with Crippen LogP contribution in [-0.2, 0) is 20.8 Å². The fourth-order valence-electron chi connectivity index (χ4n) is 2.95. The second-order valence-electron chi connectivity index (χ2n) is 6.72. The van der Waals surface area contributed by atoms with Crippen molar-refractivity contribution in [3.05, 3.63) is 29.8 Å². The molecule has 1 unspecified atom stereocenters. The molecule has 1 aromatic rings. The number of nitrogens with one attached hydrogen (secondary N) is 3. The van der Waals surface area contributed by atoms with Crippen molar-refractivity contribution in [1.82, 2.24) is 10.6 Å². The number of amides is 1.